The Morgan fingerprint density at radius 1 is 1.13 bits per heavy atom. The molecule has 0 amide bonds. The van der Waals surface area contributed by atoms with Crippen molar-refractivity contribution in [3.05, 3.63) is 54.1 Å². The quantitative estimate of drug-likeness (QED) is 0.418. The van der Waals surface area contributed by atoms with Crippen LogP contribution in [0.1, 0.15) is 30.9 Å². The summed E-state index contributed by atoms with van der Waals surface area (Å²) in [6.07, 6.45) is 2.27. The fraction of sp³-hybridized carbons (Fsp3) is 0.435. The topological polar surface area (TPSA) is 74.0 Å². The summed E-state index contributed by atoms with van der Waals surface area (Å²) in [5.74, 6) is 0.647. The highest BCUT2D eigenvalue weighted by atomic mass is 32.1. The van der Waals surface area contributed by atoms with Crippen molar-refractivity contribution in [2.24, 2.45) is 5.73 Å². The maximum Gasteiger partial charge on any atom is 0.168 e. The number of rotatable bonds is 9. The van der Waals surface area contributed by atoms with Crippen LogP contribution < -0.4 is 20.7 Å². The molecule has 1 aliphatic rings. The smallest absolute Gasteiger partial charge is 0.168 e. The van der Waals surface area contributed by atoms with Gasteiger partial charge in [-0.05, 0) is 67.9 Å². The Balaban J connectivity index is 1.40. The standard InChI is InChI=1S/C23H32N4O2S/c1-29-22-11-10-18(17-20(22)25-23(24)30)21(28)9-5-6-12-26-13-15-27(16-14-26)19-7-3-2-4-8-19/h2-4,7-8,10-11,17,21,28H,5-6,9,12-16H2,1H3,(H3,24,25,30). The fourth-order valence-electron chi connectivity index (χ4n) is 3.87. The van der Waals surface area contributed by atoms with Crippen LogP contribution in [0.5, 0.6) is 5.75 Å². The summed E-state index contributed by atoms with van der Waals surface area (Å²) >= 11 is 4.92. The number of ether oxygens (including phenoxy) is 1. The molecule has 4 N–H and O–H groups in total. The Labute approximate surface area is 184 Å². The second kappa shape index (κ2) is 11.2. The lowest BCUT2D eigenvalue weighted by molar-refractivity contribution is 0.160. The molecule has 30 heavy (non-hydrogen) atoms. The summed E-state index contributed by atoms with van der Waals surface area (Å²) in [6.45, 7) is 5.38. The molecule has 1 saturated heterocycles. The molecule has 1 fully saturated rings. The molecular formula is C23H32N4O2S. The second-order valence-electron chi connectivity index (χ2n) is 7.62. The summed E-state index contributed by atoms with van der Waals surface area (Å²) in [5.41, 5.74) is 8.41. The lowest BCUT2D eigenvalue weighted by Crippen LogP contribution is -2.46. The number of thiocarbonyl (C=S) groups is 1. The molecule has 2 aromatic rings. The zero-order valence-electron chi connectivity index (χ0n) is 17.6. The van der Waals surface area contributed by atoms with E-state index in [0.717, 1.165) is 57.5 Å². The average Bonchev–Trinajstić information content (AvgIpc) is 2.77. The number of piperazine rings is 1. The predicted octanol–water partition coefficient (Wildman–Crippen LogP) is 3.38. The van der Waals surface area contributed by atoms with E-state index in [1.54, 1.807) is 7.11 Å². The first-order chi connectivity index (χ1) is 14.6. The van der Waals surface area contributed by atoms with E-state index >= 15 is 0 Å². The van der Waals surface area contributed by atoms with Crippen molar-refractivity contribution in [2.45, 2.75) is 25.4 Å². The van der Waals surface area contributed by atoms with Crippen molar-refractivity contribution in [1.82, 2.24) is 4.90 Å². The van der Waals surface area contributed by atoms with Gasteiger partial charge in [0.2, 0.25) is 0 Å². The third kappa shape index (κ3) is 6.32. The zero-order valence-corrected chi connectivity index (χ0v) is 18.4. The molecule has 0 spiro atoms. The van der Waals surface area contributed by atoms with Crippen LogP contribution in [0.15, 0.2) is 48.5 Å². The Morgan fingerprint density at radius 2 is 1.87 bits per heavy atom. The number of aliphatic hydroxyl groups excluding tert-OH is 1. The first kappa shape index (κ1) is 22.3. The van der Waals surface area contributed by atoms with Gasteiger partial charge in [0.1, 0.15) is 5.75 Å². The monoisotopic (exact) mass is 428 g/mol. The van der Waals surface area contributed by atoms with Crippen LogP contribution in [0.4, 0.5) is 11.4 Å². The molecule has 1 heterocycles. The Kier molecular flexibility index (Phi) is 8.30. The summed E-state index contributed by atoms with van der Waals surface area (Å²) in [6, 6.07) is 16.2. The normalized spacial score (nSPS) is 15.6. The van der Waals surface area contributed by atoms with Crippen molar-refractivity contribution >= 4 is 28.7 Å². The Bertz CT molecular complexity index is 810. The van der Waals surface area contributed by atoms with Gasteiger partial charge in [-0.15, -0.1) is 0 Å². The summed E-state index contributed by atoms with van der Waals surface area (Å²) in [5, 5.41) is 13.7. The molecule has 0 aromatic heterocycles. The van der Waals surface area contributed by atoms with Gasteiger partial charge in [0, 0.05) is 31.9 Å². The summed E-state index contributed by atoms with van der Waals surface area (Å²) in [4.78, 5) is 4.96. The minimum atomic E-state index is -0.516. The molecule has 0 bridgehead atoms. The molecule has 1 atom stereocenters. The average molecular weight is 429 g/mol. The molecule has 1 aliphatic heterocycles. The minimum absolute atomic E-state index is 0.173. The van der Waals surface area contributed by atoms with E-state index in [1.807, 2.05) is 18.2 Å². The maximum absolute atomic E-state index is 10.6. The molecule has 1 unspecified atom stereocenters. The summed E-state index contributed by atoms with van der Waals surface area (Å²) in [7, 11) is 1.59. The highest BCUT2D eigenvalue weighted by Crippen LogP contribution is 2.29. The molecule has 162 valence electrons. The number of unbranched alkanes of at least 4 members (excludes halogenated alkanes) is 1. The van der Waals surface area contributed by atoms with Crippen LogP contribution in [0.3, 0.4) is 0 Å². The number of methoxy groups -OCH3 is 1. The van der Waals surface area contributed by atoms with E-state index in [1.165, 1.54) is 5.69 Å². The molecule has 6 nitrogen and oxygen atoms in total. The first-order valence-electron chi connectivity index (χ1n) is 10.5. The Hall–Kier alpha value is -2.35. The first-order valence-corrected chi connectivity index (χ1v) is 10.9. The number of aliphatic hydroxyl groups is 1. The van der Waals surface area contributed by atoms with E-state index in [2.05, 4.69) is 45.4 Å². The van der Waals surface area contributed by atoms with Crippen LogP contribution in [-0.2, 0) is 0 Å². The largest absolute Gasteiger partial charge is 0.495 e. The number of para-hydroxylation sites is 1. The van der Waals surface area contributed by atoms with Crippen molar-refractivity contribution in [1.29, 1.82) is 0 Å². The zero-order chi connectivity index (χ0) is 21.3. The molecule has 2 aromatic carbocycles. The number of nitrogens with zero attached hydrogens (tertiary/aromatic N) is 2. The van der Waals surface area contributed by atoms with Gasteiger partial charge in [0.25, 0.3) is 0 Å². The number of hydrogen-bond donors (Lipinski definition) is 3. The van der Waals surface area contributed by atoms with E-state index in [0.29, 0.717) is 11.4 Å². The van der Waals surface area contributed by atoms with Gasteiger partial charge in [0.05, 0.1) is 18.9 Å². The second-order valence-corrected chi connectivity index (χ2v) is 8.06. The van der Waals surface area contributed by atoms with Gasteiger partial charge in [-0.1, -0.05) is 24.3 Å². The third-order valence-electron chi connectivity index (χ3n) is 5.56. The molecular weight excluding hydrogens is 396 g/mol. The van der Waals surface area contributed by atoms with Crippen molar-refractivity contribution in [3.63, 3.8) is 0 Å². The predicted molar refractivity (Wildman–Crippen MR) is 127 cm³/mol. The van der Waals surface area contributed by atoms with Crippen LogP contribution in [0, 0.1) is 0 Å². The van der Waals surface area contributed by atoms with E-state index in [9.17, 15) is 5.11 Å². The number of hydrogen-bond acceptors (Lipinski definition) is 5. The molecule has 3 rings (SSSR count). The van der Waals surface area contributed by atoms with Gasteiger partial charge >= 0.3 is 0 Å². The summed E-state index contributed by atoms with van der Waals surface area (Å²) < 4.78 is 5.31. The molecule has 0 saturated carbocycles. The van der Waals surface area contributed by atoms with Crippen LogP contribution >= 0.6 is 12.2 Å². The maximum atomic E-state index is 10.6. The lowest BCUT2D eigenvalue weighted by Gasteiger charge is -2.36. The molecule has 7 heteroatoms. The Morgan fingerprint density at radius 3 is 2.53 bits per heavy atom. The van der Waals surface area contributed by atoms with E-state index in [4.69, 9.17) is 22.7 Å². The van der Waals surface area contributed by atoms with Crippen LogP contribution in [0.2, 0.25) is 0 Å². The number of nitrogens with one attached hydrogen (secondary N) is 1. The van der Waals surface area contributed by atoms with Gasteiger partial charge in [-0.3, -0.25) is 4.90 Å². The molecule has 0 radical (unpaired) electrons. The SMILES string of the molecule is COc1ccc(C(O)CCCCN2CCN(c3ccccc3)CC2)cc1NC(N)=S. The van der Waals surface area contributed by atoms with Crippen LogP contribution in [0.25, 0.3) is 0 Å². The van der Waals surface area contributed by atoms with Gasteiger partial charge < -0.3 is 25.8 Å². The van der Waals surface area contributed by atoms with Gasteiger partial charge in [-0.2, -0.15) is 0 Å². The fourth-order valence-corrected chi connectivity index (χ4v) is 3.98. The highest BCUT2D eigenvalue weighted by Gasteiger charge is 2.17. The van der Waals surface area contributed by atoms with Crippen molar-refractivity contribution in [2.75, 3.05) is 50.1 Å². The lowest BCUT2D eigenvalue weighted by atomic mass is 10.0. The van der Waals surface area contributed by atoms with Crippen LogP contribution in [-0.4, -0.2) is 55.0 Å². The third-order valence-corrected chi connectivity index (χ3v) is 5.66. The van der Waals surface area contributed by atoms with E-state index < -0.39 is 6.10 Å². The van der Waals surface area contributed by atoms with Gasteiger partial charge in [0.15, 0.2) is 5.11 Å². The van der Waals surface area contributed by atoms with Crippen molar-refractivity contribution < 1.29 is 9.84 Å². The number of anilines is 2. The molecule has 0 aliphatic carbocycles. The van der Waals surface area contributed by atoms with Crippen molar-refractivity contribution in [3.8, 4) is 5.75 Å². The van der Waals surface area contributed by atoms with Gasteiger partial charge in [-0.25, -0.2) is 0 Å². The van der Waals surface area contributed by atoms with E-state index in [-0.39, 0.29) is 5.11 Å². The number of benzene rings is 2. The highest BCUT2D eigenvalue weighted by molar-refractivity contribution is 7.80. The number of nitrogens with two attached hydrogens (primary N) is 1. The minimum Gasteiger partial charge on any atom is -0.495 e.